The van der Waals surface area contributed by atoms with Crippen molar-refractivity contribution in [2.75, 3.05) is 6.61 Å². The normalized spacial score (nSPS) is 13.8. The smallest absolute Gasteiger partial charge is 0.326 e. The number of para-hydroxylation sites is 1. The number of fused-ring (bicyclic) bond motifs is 2. The minimum Gasteiger partial charge on any atom is -0.493 e. The van der Waals surface area contributed by atoms with E-state index in [9.17, 15) is 14.7 Å². The van der Waals surface area contributed by atoms with Crippen molar-refractivity contribution in [2.24, 2.45) is 0 Å². The molecule has 0 saturated heterocycles. The predicted octanol–water partition coefficient (Wildman–Crippen LogP) is 2.53. The van der Waals surface area contributed by atoms with E-state index in [2.05, 4.69) is 10.3 Å². The maximum absolute atomic E-state index is 12.5. The van der Waals surface area contributed by atoms with E-state index < -0.39 is 17.9 Å². The summed E-state index contributed by atoms with van der Waals surface area (Å²) < 4.78 is 5.43. The number of benzene rings is 2. The van der Waals surface area contributed by atoms with Gasteiger partial charge in [-0.3, -0.25) is 4.79 Å². The Labute approximate surface area is 149 Å². The van der Waals surface area contributed by atoms with Crippen molar-refractivity contribution in [1.29, 1.82) is 0 Å². The van der Waals surface area contributed by atoms with Gasteiger partial charge in [0.2, 0.25) is 0 Å². The molecule has 0 aliphatic carbocycles. The number of rotatable bonds is 5. The standard InChI is InChI=1S/C20H18N2O4/c23-19(13-5-6-18-12(9-13)7-8-26-18)22-17(20(24)25)10-14-11-21-16-4-2-1-3-15(14)16/h1-6,9,11,17,21H,7-8,10H2,(H,22,23)(H,24,25)/t17-/m1/s1. The van der Waals surface area contributed by atoms with Crippen molar-refractivity contribution >= 4 is 22.8 Å². The summed E-state index contributed by atoms with van der Waals surface area (Å²) >= 11 is 0. The van der Waals surface area contributed by atoms with Crippen LogP contribution in [-0.4, -0.2) is 34.6 Å². The van der Waals surface area contributed by atoms with Gasteiger partial charge < -0.3 is 20.1 Å². The van der Waals surface area contributed by atoms with E-state index in [0.29, 0.717) is 12.2 Å². The quantitative estimate of drug-likeness (QED) is 0.659. The fraction of sp³-hybridized carbons (Fsp3) is 0.200. The topological polar surface area (TPSA) is 91.4 Å². The first-order chi connectivity index (χ1) is 12.6. The zero-order chi connectivity index (χ0) is 18.1. The molecule has 0 fully saturated rings. The molecule has 1 aliphatic heterocycles. The molecule has 3 aromatic rings. The Hall–Kier alpha value is -3.28. The fourth-order valence-electron chi connectivity index (χ4n) is 3.29. The van der Waals surface area contributed by atoms with Crippen LogP contribution < -0.4 is 10.1 Å². The Bertz CT molecular complexity index is 992. The molecule has 0 unspecified atom stereocenters. The van der Waals surface area contributed by atoms with Crippen LogP contribution in [-0.2, 0) is 17.6 Å². The first-order valence-corrected chi connectivity index (χ1v) is 8.46. The number of hydrogen-bond donors (Lipinski definition) is 3. The van der Waals surface area contributed by atoms with Crippen molar-refractivity contribution in [3.05, 3.63) is 65.4 Å². The molecule has 1 aromatic heterocycles. The molecule has 1 atom stereocenters. The van der Waals surface area contributed by atoms with Gasteiger partial charge in [-0.05, 0) is 35.4 Å². The van der Waals surface area contributed by atoms with E-state index in [1.165, 1.54) is 0 Å². The molecule has 1 amide bonds. The number of amides is 1. The second-order valence-electron chi connectivity index (χ2n) is 6.35. The van der Waals surface area contributed by atoms with Gasteiger partial charge in [0, 0.05) is 35.5 Å². The maximum atomic E-state index is 12.5. The molecule has 0 bridgehead atoms. The molecular weight excluding hydrogens is 332 g/mol. The summed E-state index contributed by atoms with van der Waals surface area (Å²) in [7, 11) is 0. The van der Waals surface area contributed by atoms with Gasteiger partial charge >= 0.3 is 5.97 Å². The lowest BCUT2D eigenvalue weighted by Gasteiger charge is -2.14. The van der Waals surface area contributed by atoms with Crippen LogP contribution in [0.4, 0.5) is 0 Å². The highest BCUT2D eigenvalue weighted by Crippen LogP contribution is 2.26. The third-order valence-corrected chi connectivity index (χ3v) is 4.65. The highest BCUT2D eigenvalue weighted by atomic mass is 16.5. The van der Waals surface area contributed by atoms with Crippen molar-refractivity contribution in [2.45, 2.75) is 18.9 Å². The second-order valence-corrected chi connectivity index (χ2v) is 6.35. The van der Waals surface area contributed by atoms with Crippen LogP contribution in [0, 0.1) is 0 Å². The summed E-state index contributed by atoms with van der Waals surface area (Å²) in [6, 6.07) is 11.9. The number of aromatic nitrogens is 1. The van der Waals surface area contributed by atoms with Crippen LogP contribution in [0.5, 0.6) is 5.75 Å². The van der Waals surface area contributed by atoms with E-state index in [1.54, 1.807) is 24.4 Å². The van der Waals surface area contributed by atoms with E-state index in [4.69, 9.17) is 4.74 Å². The zero-order valence-corrected chi connectivity index (χ0v) is 14.0. The second kappa shape index (κ2) is 6.55. The minimum atomic E-state index is -1.06. The molecule has 1 aliphatic rings. The van der Waals surface area contributed by atoms with Crippen molar-refractivity contribution < 1.29 is 19.4 Å². The van der Waals surface area contributed by atoms with Gasteiger partial charge in [0.25, 0.3) is 5.91 Å². The van der Waals surface area contributed by atoms with Crippen LogP contribution in [0.1, 0.15) is 21.5 Å². The molecule has 0 radical (unpaired) electrons. The molecule has 0 saturated carbocycles. The molecule has 4 rings (SSSR count). The Morgan fingerprint density at radius 1 is 1.23 bits per heavy atom. The summed E-state index contributed by atoms with van der Waals surface area (Å²) in [6.07, 6.45) is 2.76. The van der Waals surface area contributed by atoms with Crippen LogP contribution in [0.15, 0.2) is 48.7 Å². The van der Waals surface area contributed by atoms with E-state index in [1.807, 2.05) is 24.3 Å². The average molecular weight is 350 g/mol. The van der Waals surface area contributed by atoms with Gasteiger partial charge in [0.1, 0.15) is 11.8 Å². The van der Waals surface area contributed by atoms with Crippen molar-refractivity contribution in [3.63, 3.8) is 0 Å². The highest BCUT2D eigenvalue weighted by molar-refractivity contribution is 5.97. The molecule has 3 N–H and O–H groups in total. The van der Waals surface area contributed by atoms with E-state index in [0.717, 1.165) is 34.2 Å². The van der Waals surface area contributed by atoms with Crippen molar-refractivity contribution in [1.82, 2.24) is 10.3 Å². The lowest BCUT2D eigenvalue weighted by Crippen LogP contribution is -2.42. The molecule has 2 heterocycles. The summed E-state index contributed by atoms with van der Waals surface area (Å²) in [5, 5.41) is 13.1. The molecule has 26 heavy (non-hydrogen) atoms. The number of carboxylic acid groups (broad SMARTS) is 1. The third kappa shape index (κ3) is 3.01. The SMILES string of the molecule is O=C(N[C@H](Cc1c[nH]c2ccccc12)C(=O)O)c1ccc2c(c1)CCO2. The van der Waals surface area contributed by atoms with Gasteiger partial charge in [-0.15, -0.1) is 0 Å². The fourth-order valence-corrected chi connectivity index (χ4v) is 3.29. The Kier molecular flexibility index (Phi) is 4.08. The molecule has 6 nitrogen and oxygen atoms in total. The van der Waals surface area contributed by atoms with Crippen LogP contribution in [0.2, 0.25) is 0 Å². The number of carbonyl (C=O) groups excluding carboxylic acids is 1. The number of hydrogen-bond acceptors (Lipinski definition) is 3. The Balaban J connectivity index is 1.53. The highest BCUT2D eigenvalue weighted by Gasteiger charge is 2.23. The number of ether oxygens (including phenoxy) is 1. The number of nitrogens with one attached hydrogen (secondary N) is 2. The maximum Gasteiger partial charge on any atom is 0.326 e. The van der Waals surface area contributed by atoms with E-state index in [-0.39, 0.29) is 6.42 Å². The summed E-state index contributed by atoms with van der Waals surface area (Å²) in [4.78, 5) is 27.3. The lowest BCUT2D eigenvalue weighted by atomic mass is 10.0. The van der Waals surface area contributed by atoms with Gasteiger partial charge in [-0.1, -0.05) is 18.2 Å². The van der Waals surface area contributed by atoms with Gasteiger partial charge in [0.05, 0.1) is 6.61 Å². The molecule has 6 heteroatoms. The lowest BCUT2D eigenvalue weighted by molar-refractivity contribution is -0.139. The third-order valence-electron chi connectivity index (χ3n) is 4.65. The predicted molar refractivity (Wildman–Crippen MR) is 96.5 cm³/mol. The number of carboxylic acids is 1. The number of carbonyl (C=O) groups is 2. The van der Waals surface area contributed by atoms with Gasteiger partial charge in [0.15, 0.2) is 0 Å². The molecule has 0 spiro atoms. The monoisotopic (exact) mass is 350 g/mol. The summed E-state index contributed by atoms with van der Waals surface area (Å²) in [5.74, 6) is -0.671. The number of H-pyrrole nitrogens is 1. The van der Waals surface area contributed by atoms with Crippen LogP contribution in [0.3, 0.4) is 0 Å². The van der Waals surface area contributed by atoms with Gasteiger partial charge in [-0.2, -0.15) is 0 Å². The summed E-state index contributed by atoms with van der Waals surface area (Å²) in [6.45, 7) is 0.610. The number of aliphatic carboxylic acids is 1. The average Bonchev–Trinajstić information content (AvgIpc) is 3.27. The van der Waals surface area contributed by atoms with Crippen LogP contribution in [0.25, 0.3) is 10.9 Å². The molecule has 132 valence electrons. The first-order valence-electron chi connectivity index (χ1n) is 8.46. The number of aromatic amines is 1. The molecule has 2 aromatic carbocycles. The zero-order valence-electron chi connectivity index (χ0n) is 14.0. The Morgan fingerprint density at radius 2 is 2.08 bits per heavy atom. The Morgan fingerprint density at radius 3 is 2.92 bits per heavy atom. The minimum absolute atomic E-state index is 0.207. The van der Waals surface area contributed by atoms with Crippen LogP contribution >= 0.6 is 0 Å². The summed E-state index contributed by atoms with van der Waals surface area (Å²) in [5.41, 5.74) is 3.22. The first kappa shape index (κ1) is 16.2. The van der Waals surface area contributed by atoms with E-state index >= 15 is 0 Å². The van der Waals surface area contributed by atoms with Crippen molar-refractivity contribution in [3.8, 4) is 5.75 Å². The molecular formula is C20H18N2O4. The largest absolute Gasteiger partial charge is 0.493 e. The van der Waals surface area contributed by atoms with Gasteiger partial charge in [-0.25, -0.2) is 4.79 Å².